The van der Waals surface area contributed by atoms with Crippen LogP contribution in [0.2, 0.25) is 5.02 Å². The third kappa shape index (κ3) is 3.87. The van der Waals surface area contributed by atoms with Crippen LogP contribution in [0.15, 0.2) is 18.2 Å². The fourth-order valence-corrected chi connectivity index (χ4v) is 4.91. The number of carboxylic acids is 1. The predicted molar refractivity (Wildman–Crippen MR) is 126 cm³/mol. The number of aryl methyl sites for hydroxylation is 1. The van der Waals surface area contributed by atoms with E-state index in [0.29, 0.717) is 16.7 Å². The Morgan fingerprint density at radius 2 is 1.76 bits per heavy atom. The molecule has 0 radical (unpaired) electrons. The first-order valence-corrected chi connectivity index (χ1v) is 11.1. The summed E-state index contributed by atoms with van der Waals surface area (Å²) in [5.74, 6) is -2.99. The second-order valence-electron chi connectivity index (χ2n) is 9.59. The van der Waals surface area contributed by atoms with Crippen molar-refractivity contribution in [3.05, 3.63) is 51.7 Å². The van der Waals surface area contributed by atoms with Crippen LogP contribution < -0.4 is 4.90 Å². The summed E-state index contributed by atoms with van der Waals surface area (Å²) in [5.41, 5.74) is 3.75. The molecule has 0 bridgehead atoms. The molecule has 3 aromatic rings. The van der Waals surface area contributed by atoms with Gasteiger partial charge in [0.25, 0.3) is 0 Å². The Bertz CT molecular complexity index is 1270. The van der Waals surface area contributed by atoms with Crippen LogP contribution in [-0.2, 0) is 16.1 Å². The molecule has 1 aromatic heterocycles. The fourth-order valence-electron chi connectivity index (χ4n) is 4.80. The SMILES string of the molecule is Cc1c([C@H](OC(C)(C)C)C(=O)O)c(-c2cc(F)c(Cl)c(F)c2)c2cc(C)n3c2c1N(C)CC3. The normalized spacial score (nSPS) is 14.8. The van der Waals surface area contributed by atoms with Crippen molar-refractivity contribution < 1.29 is 23.4 Å². The molecule has 0 unspecified atom stereocenters. The molecule has 5 nitrogen and oxygen atoms in total. The van der Waals surface area contributed by atoms with E-state index in [1.807, 2.05) is 27.0 Å². The van der Waals surface area contributed by atoms with Crippen LogP contribution in [0.1, 0.15) is 43.7 Å². The molecular weight excluding hydrogens is 450 g/mol. The van der Waals surface area contributed by atoms with Gasteiger partial charge < -0.3 is 19.3 Å². The van der Waals surface area contributed by atoms with E-state index in [9.17, 15) is 18.7 Å². The highest BCUT2D eigenvalue weighted by Crippen LogP contribution is 2.48. The van der Waals surface area contributed by atoms with E-state index in [2.05, 4.69) is 9.47 Å². The highest BCUT2D eigenvalue weighted by molar-refractivity contribution is 6.31. The molecule has 0 saturated heterocycles. The number of carbonyl (C=O) groups is 1. The zero-order valence-corrected chi connectivity index (χ0v) is 20.3. The van der Waals surface area contributed by atoms with E-state index in [4.69, 9.17) is 16.3 Å². The van der Waals surface area contributed by atoms with Crippen molar-refractivity contribution in [1.29, 1.82) is 0 Å². The number of halogens is 3. The van der Waals surface area contributed by atoms with Gasteiger partial charge in [-0.05, 0) is 69.5 Å². The van der Waals surface area contributed by atoms with Crippen LogP contribution >= 0.6 is 11.6 Å². The second-order valence-corrected chi connectivity index (χ2v) is 9.96. The quantitative estimate of drug-likeness (QED) is 0.452. The smallest absolute Gasteiger partial charge is 0.337 e. The lowest BCUT2D eigenvalue weighted by Crippen LogP contribution is -2.31. The lowest BCUT2D eigenvalue weighted by atomic mass is 9.87. The third-order valence-corrected chi connectivity index (χ3v) is 6.46. The molecular formula is C25H27ClF2N2O3. The highest BCUT2D eigenvalue weighted by Gasteiger charge is 2.35. The van der Waals surface area contributed by atoms with Gasteiger partial charge in [0, 0.05) is 36.8 Å². The maximum Gasteiger partial charge on any atom is 0.337 e. The number of ether oxygens (including phenoxy) is 1. The Balaban J connectivity index is 2.20. The first-order valence-electron chi connectivity index (χ1n) is 10.7. The lowest BCUT2D eigenvalue weighted by molar-refractivity contribution is -0.160. The molecule has 33 heavy (non-hydrogen) atoms. The summed E-state index contributed by atoms with van der Waals surface area (Å²) < 4.78 is 37.3. The molecule has 0 saturated carbocycles. The first kappa shape index (κ1) is 23.5. The minimum Gasteiger partial charge on any atom is -0.479 e. The van der Waals surface area contributed by atoms with Gasteiger partial charge in [-0.15, -0.1) is 0 Å². The van der Waals surface area contributed by atoms with Crippen molar-refractivity contribution in [3.8, 4) is 11.1 Å². The maximum absolute atomic E-state index is 14.6. The zero-order chi connectivity index (χ0) is 24.4. The van der Waals surface area contributed by atoms with Crippen molar-refractivity contribution in [2.24, 2.45) is 0 Å². The van der Waals surface area contributed by atoms with Gasteiger partial charge in [0.1, 0.15) is 16.7 Å². The molecule has 0 fully saturated rings. The number of rotatable bonds is 4. The van der Waals surface area contributed by atoms with Gasteiger partial charge in [-0.1, -0.05) is 11.6 Å². The van der Waals surface area contributed by atoms with Gasteiger partial charge in [0.2, 0.25) is 0 Å². The Kier molecular flexibility index (Phi) is 5.69. The molecule has 2 aromatic carbocycles. The van der Waals surface area contributed by atoms with Crippen LogP contribution in [0.5, 0.6) is 0 Å². The number of hydrogen-bond acceptors (Lipinski definition) is 3. The third-order valence-electron chi connectivity index (χ3n) is 6.10. The molecule has 1 atom stereocenters. The second kappa shape index (κ2) is 7.99. The summed E-state index contributed by atoms with van der Waals surface area (Å²) in [6, 6.07) is 4.25. The minimum absolute atomic E-state index is 0.216. The number of aliphatic carboxylic acids is 1. The van der Waals surface area contributed by atoms with Crippen molar-refractivity contribution in [1.82, 2.24) is 4.57 Å². The summed E-state index contributed by atoms with van der Waals surface area (Å²) in [5, 5.41) is 10.3. The highest BCUT2D eigenvalue weighted by atomic mass is 35.5. The predicted octanol–water partition coefficient (Wildman–Crippen LogP) is 6.25. The van der Waals surface area contributed by atoms with Gasteiger partial charge in [0.15, 0.2) is 6.10 Å². The van der Waals surface area contributed by atoms with E-state index in [1.165, 1.54) is 0 Å². The number of anilines is 1. The van der Waals surface area contributed by atoms with Crippen LogP contribution in [0, 0.1) is 25.5 Å². The van der Waals surface area contributed by atoms with E-state index >= 15 is 0 Å². The van der Waals surface area contributed by atoms with Crippen LogP contribution in [0.4, 0.5) is 14.5 Å². The Morgan fingerprint density at radius 3 is 2.30 bits per heavy atom. The van der Waals surface area contributed by atoms with Gasteiger partial charge in [0.05, 0.1) is 16.8 Å². The number of hydrogen-bond donors (Lipinski definition) is 1. The Morgan fingerprint density at radius 1 is 1.15 bits per heavy atom. The average molecular weight is 477 g/mol. The summed E-state index contributed by atoms with van der Waals surface area (Å²) in [6.45, 7) is 10.6. The standard InChI is InChI=1S/C25H27ClF2N2O3/c1-12-9-15-19(14-10-16(27)20(26)17(28)11-14)18(23(24(31)32)33-25(3,4)5)13(2)21-22(15)30(12)8-7-29(21)6/h9-11,23H,7-8H2,1-6H3,(H,31,32)/t23-/m0/s1. The molecule has 4 rings (SSSR count). The van der Waals surface area contributed by atoms with Crippen molar-refractivity contribution >= 4 is 34.2 Å². The molecule has 176 valence electrons. The molecule has 8 heteroatoms. The van der Waals surface area contributed by atoms with Crippen molar-refractivity contribution in [2.75, 3.05) is 18.5 Å². The van der Waals surface area contributed by atoms with E-state index in [-0.39, 0.29) is 5.56 Å². The van der Waals surface area contributed by atoms with Crippen LogP contribution in [0.25, 0.3) is 22.0 Å². The van der Waals surface area contributed by atoms with Gasteiger partial charge >= 0.3 is 5.97 Å². The fraction of sp³-hybridized carbons (Fsp3) is 0.400. The monoisotopic (exact) mass is 476 g/mol. The molecule has 1 N–H and O–H groups in total. The van der Waals surface area contributed by atoms with Gasteiger partial charge in [-0.3, -0.25) is 0 Å². The Hall–Kier alpha value is -2.64. The maximum atomic E-state index is 14.6. The summed E-state index contributed by atoms with van der Waals surface area (Å²) in [6.07, 6.45) is -1.35. The topological polar surface area (TPSA) is 54.7 Å². The van der Waals surface area contributed by atoms with Crippen molar-refractivity contribution in [2.45, 2.75) is 52.9 Å². The average Bonchev–Trinajstić information content (AvgIpc) is 3.03. The van der Waals surface area contributed by atoms with Crippen LogP contribution in [0.3, 0.4) is 0 Å². The lowest BCUT2D eigenvalue weighted by Gasteiger charge is -2.34. The zero-order valence-electron chi connectivity index (χ0n) is 19.5. The molecule has 0 aliphatic carbocycles. The number of likely N-dealkylation sites (N-methyl/N-ethyl adjacent to an activating group) is 1. The first-order chi connectivity index (χ1) is 15.3. The van der Waals surface area contributed by atoms with Gasteiger partial charge in [-0.25, -0.2) is 13.6 Å². The largest absolute Gasteiger partial charge is 0.479 e. The van der Waals surface area contributed by atoms with E-state index in [1.54, 1.807) is 20.8 Å². The molecule has 2 heterocycles. The number of nitrogens with zero attached hydrogens (tertiary/aromatic N) is 2. The van der Waals surface area contributed by atoms with Gasteiger partial charge in [-0.2, -0.15) is 0 Å². The summed E-state index contributed by atoms with van der Waals surface area (Å²) >= 11 is 5.75. The minimum atomic E-state index is -1.35. The van der Waals surface area contributed by atoms with E-state index in [0.717, 1.165) is 47.5 Å². The number of carboxylic acid groups (broad SMARTS) is 1. The molecule has 1 aliphatic heterocycles. The number of aromatic nitrogens is 1. The molecule has 0 amide bonds. The summed E-state index contributed by atoms with van der Waals surface area (Å²) in [4.78, 5) is 14.6. The van der Waals surface area contributed by atoms with Crippen molar-refractivity contribution in [3.63, 3.8) is 0 Å². The molecule has 0 spiro atoms. The summed E-state index contributed by atoms with van der Waals surface area (Å²) in [7, 11) is 1.96. The van der Waals surface area contributed by atoms with Crippen LogP contribution in [-0.4, -0.2) is 34.8 Å². The molecule has 1 aliphatic rings. The Labute approximate surface area is 196 Å². The van der Waals surface area contributed by atoms with E-state index < -0.39 is 34.3 Å². The number of benzene rings is 2.